The molecule has 0 bridgehead atoms. The van der Waals surface area contributed by atoms with Gasteiger partial charge in [-0.1, -0.05) is 5.16 Å². The Morgan fingerprint density at radius 3 is 2.61 bits per heavy atom. The standard InChI is InChI=1S/C14H19ClN6O2/c1-9-11(14(15)23-19-9)7-13(22)21-5-3-20(4-6-21)8-12-16-10(2)17-18-12/h3-8H2,1-2H3,(H,16,17,18). The topological polar surface area (TPSA) is 91.2 Å². The maximum Gasteiger partial charge on any atom is 0.229 e. The van der Waals surface area contributed by atoms with Gasteiger partial charge in [0.15, 0.2) is 5.82 Å². The molecule has 3 heterocycles. The fraction of sp³-hybridized carbons (Fsp3) is 0.571. The molecule has 0 spiro atoms. The highest BCUT2D eigenvalue weighted by Crippen LogP contribution is 2.20. The molecule has 1 aliphatic rings. The number of carbonyl (C=O) groups is 1. The molecule has 2 aromatic heterocycles. The van der Waals surface area contributed by atoms with E-state index in [1.165, 1.54) is 0 Å². The third-order valence-electron chi connectivity index (χ3n) is 4.00. The summed E-state index contributed by atoms with van der Waals surface area (Å²) >= 11 is 5.92. The molecule has 0 unspecified atom stereocenters. The van der Waals surface area contributed by atoms with Crippen LogP contribution in [0.15, 0.2) is 4.52 Å². The second-order valence-corrected chi connectivity index (χ2v) is 6.03. The maximum atomic E-state index is 12.4. The Kier molecular flexibility index (Phi) is 4.63. The molecule has 1 saturated heterocycles. The Morgan fingerprint density at radius 1 is 1.30 bits per heavy atom. The van der Waals surface area contributed by atoms with Gasteiger partial charge in [-0.25, -0.2) is 4.98 Å². The van der Waals surface area contributed by atoms with E-state index in [4.69, 9.17) is 16.1 Å². The SMILES string of the molecule is Cc1nc(CN2CCN(C(=O)Cc3c(C)noc3Cl)CC2)n[nH]1. The van der Waals surface area contributed by atoms with E-state index in [0.717, 1.165) is 24.7 Å². The van der Waals surface area contributed by atoms with Gasteiger partial charge < -0.3 is 9.42 Å². The van der Waals surface area contributed by atoms with Crippen LogP contribution in [0.25, 0.3) is 0 Å². The molecule has 0 saturated carbocycles. The van der Waals surface area contributed by atoms with Gasteiger partial charge in [-0.15, -0.1) is 0 Å². The van der Waals surface area contributed by atoms with Crippen LogP contribution < -0.4 is 0 Å². The van der Waals surface area contributed by atoms with Crippen LogP contribution in [0, 0.1) is 13.8 Å². The molecule has 1 aliphatic heterocycles. The van der Waals surface area contributed by atoms with Crippen molar-refractivity contribution in [1.82, 2.24) is 30.1 Å². The molecule has 124 valence electrons. The lowest BCUT2D eigenvalue weighted by Crippen LogP contribution is -2.48. The first-order valence-electron chi connectivity index (χ1n) is 7.51. The minimum Gasteiger partial charge on any atom is -0.344 e. The Morgan fingerprint density at radius 2 is 2.04 bits per heavy atom. The normalized spacial score (nSPS) is 16.0. The van der Waals surface area contributed by atoms with Gasteiger partial charge in [0.05, 0.1) is 18.7 Å². The lowest BCUT2D eigenvalue weighted by Gasteiger charge is -2.34. The molecule has 0 atom stereocenters. The van der Waals surface area contributed by atoms with Gasteiger partial charge in [0.25, 0.3) is 0 Å². The lowest BCUT2D eigenvalue weighted by atomic mass is 10.1. The molecule has 1 amide bonds. The number of rotatable bonds is 4. The van der Waals surface area contributed by atoms with Crippen molar-refractivity contribution in [1.29, 1.82) is 0 Å². The first kappa shape index (κ1) is 15.9. The van der Waals surface area contributed by atoms with Crippen LogP contribution in [0.2, 0.25) is 5.22 Å². The summed E-state index contributed by atoms with van der Waals surface area (Å²) in [5.41, 5.74) is 1.34. The number of aromatic nitrogens is 4. The van der Waals surface area contributed by atoms with E-state index >= 15 is 0 Å². The number of piperazine rings is 1. The molecule has 1 fully saturated rings. The maximum absolute atomic E-state index is 12.4. The first-order chi connectivity index (χ1) is 11.0. The number of aromatic amines is 1. The largest absolute Gasteiger partial charge is 0.344 e. The smallest absolute Gasteiger partial charge is 0.229 e. The number of hydrogen-bond acceptors (Lipinski definition) is 6. The summed E-state index contributed by atoms with van der Waals surface area (Å²) in [7, 11) is 0. The minimum absolute atomic E-state index is 0.0478. The number of hydrogen-bond donors (Lipinski definition) is 1. The molecular formula is C14H19ClN6O2. The number of nitrogens with zero attached hydrogens (tertiary/aromatic N) is 5. The zero-order chi connectivity index (χ0) is 16.4. The molecule has 0 aromatic carbocycles. The van der Waals surface area contributed by atoms with E-state index in [1.807, 2.05) is 11.8 Å². The van der Waals surface area contributed by atoms with Crippen molar-refractivity contribution in [3.8, 4) is 0 Å². The number of halogens is 1. The molecule has 2 aromatic rings. The second-order valence-electron chi connectivity index (χ2n) is 5.69. The van der Waals surface area contributed by atoms with E-state index in [0.29, 0.717) is 30.9 Å². The van der Waals surface area contributed by atoms with Gasteiger partial charge in [-0.2, -0.15) is 5.10 Å². The summed E-state index contributed by atoms with van der Waals surface area (Å²) in [4.78, 5) is 20.8. The highest BCUT2D eigenvalue weighted by atomic mass is 35.5. The minimum atomic E-state index is 0.0478. The first-order valence-corrected chi connectivity index (χ1v) is 7.89. The fourth-order valence-corrected chi connectivity index (χ4v) is 2.87. The second kappa shape index (κ2) is 6.67. The quantitative estimate of drug-likeness (QED) is 0.892. The molecule has 9 heteroatoms. The number of carbonyl (C=O) groups excluding carboxylic acids is 1. The lowest BCUT2D eigenvalue weighted by molar-refractivity contribution is -0.132. The number of nitrogens with one attached hydrogen (secondary N) is 1. The molecule has 23 heavy (non-hydrogen) atoms. The summed E-state index contributed by atoms with van der Waals surface area (Å²) < 4.78 is 4.89. The van der Waals surface area contributed by atoms with E-state index < -0.39 is 0 Å². The van der Waals surface area contributed by atoms with Crippen molar-refractivity contribution in [2.45, 2.75) is 26.8 Å². The van der Waals surface area contributed by atoms with Crippen molar-refractivity contribution >= 4 is 17.5 Å². The fourth-order valence-electron chi connectivity index (χ4n) is 2.64. The number of amides is 1. The molecule has 0 radical (unpaired) electrons. The number of H-pyrrole nitrogens is 1. The van der Waals surface area contributed by atoms with Crippen LogP contribution in [-0.2, 0) is 17.8 Å². The zero-order valence-electron chi connectivity index (χ0n) is 13.2. The van der Waals surface area contributed by atoms with Gasteiger partial charge in [0.2, 0.25) is 11.1 Å². The zero-order valence-corrected chi connectivity index (χ0v) is 13.9. The highest BCUT2D eigenvalue weighted by Gasteiger charge is 2.24. The van der Waals surface area contributed by atoms with Gasteiger partial charge in [0.1, 0.15) is 5.82 Å². The summed E-state index contributed by atoms with van der Waals surface area (Å²) in [6.45, 7) is 7.34. The van der Waals surface area contributed by atoms with E-state index in [-0.39, 0.29) is 17.5 Å². The third kappa shape index (κ3) is 3.70. The van der Waals surface area contributed by atoms with Gasteiger partial charge >= 0.3 is 0 Å². The van der Waals surface area contributed by atoms with Gasteiger partial charge in [0, 0.05) is 31.7 Å². The van der Waals surface area contributed by atoms with Crippen molar-refractivity contribution in [3.63, 3.8) is 0 Å². The molecule has 0 aliphatic carbocycles. The average Bonchev–Trinajstić information content (AvgIpc) is 3.08. The van der Waals surface area contributed by atoms with Gasteiger partial charge in [-0.05, 0) is 25.4 Å². The highest BCUT2D eigenvalue weighted by molar-refractivity contribution is 6.29. The Balaban J connectivity index is 1.51. The predicted molar refractivity (Wildman–Crippen MR) is 82.9 cm³/mol. The van der Waals surface area contributed by atoms with Crippen LogP contribution >= 0.6 is 11.6 Å². The van der Waals surface area contributed by atoms with E-state index in [9.17, 15) is 4.79 Å². The van der Waals surface area contributed by atoms with E-state index in [2.05, 4.69) is 25.2 Å². The average molecular weight is 339 g/mol. The summed E-state index contributed by atoms with van der Waals surface area (Å²) in [5, 5.41) is 11.0. The van der Waals surface area contributed by atoms with Crippen LogP contribution in [0.1, 0.15) is 22.9 Å². The molecular weight excluding hydrogens is 320 g/mol. The van der Waals surface area contributed by atoms with Crippen LogP contribution in [0.4, 0.5) is 0 Å². The van der Waals surface area contributed by atoms with Crippen molar-refractivity contribution in [2.24, 2.45) is 0 Å². The summed E-state index contributed by atoms with van der Waals surface area (Å²) in [5.74, 6) is 1.65. The van der Waals surface area contributed by atoms with Gasteiger partial charge in [-0.3, -0.25) is 14.8 Å². The van der Waals surface area contributed by atoms with Crippen molar-refractivity contribution < 1.29 is 9.32 Å². The Labute approximate surface area is 138 Å². The Hall–Kier alpha value is -1.93. The predicted octanol–water partition coefficient (Wildman–Crippen LogP) is 0.950. The molecule has 1 N–H and O–H groups in total. The van der Waals surface area contributed by atoms with Crippen LogP contribution in [-0.4, -0.2) is 62.2 Å². The van der Waals surface area contributed by atoms with E-state index in [1.54, 1.807) is 6.92 Å². The monoisotopic (exact) mass is 338 g/mol. The summed E-state index contributed by atoms with van der Waals surface area (Å²) in [6, 6.07) is 0. The summed E-state index contributed by atoms with van der Waals surface area (Å²) in [6.07, 6.45) is 0.230. The van der Waals surface area contributed by atoms with Crippen molar-refractivity contribution in [3.05, 3.63) is 28.1 Å². The third-order valence-corrected chi connectivity index (χ3v) is 4.30. The van der Waals surface area contributed by atoms with Crippen LogP contribution in [0.3, 0.4) is 0 Å². The molecule has 8 nitrogen and oxygen atoms in total. The Bertz CT molecular complexity index is 670. The van der Waals surface area contributed by atoms with Crippen molar-refractivity contribution in [2.75, 3.05) is 26.2 Å². The number of aryl methyl sites for hydroxylation is 2. The molecule has 3 rings (SSSR count). The van der Waals surface area contributed by atoms with Crippen LogP contribution in [0.5, 0.6) is 0 Å².